The normalized spacial score (nSPS) is 18.0. The van der Waals surface area contributed by atoms with E-state index in [9.17, 15) is 34.5 Å². The van der Waals surface area contributed by atoms with Gasteiger partial charge in [0.2, 0.25) is 0 Å². The van der Waals surface area contributed by atoms with Gasteiger partial charge in [-0.1, -0.05) is 267 Å². The fourth-order valence-corrected chi connectivity index (χ4v) is 10.1. The highest BCUT2D eigenvalue weighted by atomic mass is 16.7. The third-order valence-electron chi connectivity index (χ3n) is 15.3. The Morgan fingerprint density at radius 2 is 0.759 bits per heavy atom. The molecule has 0 bridgehead atoms. The van der Waals surface area contributed by atoms with Gasteiger partial charge in [-0.3, -0.25) is 14.4 Å². The van der Waals surface area contributed by atoms with Gasteiger partial charge in [0.15, 0.2) is 24.6 Å². The van der Waals surface area contributed by atoms with Crippen molar-refractivity contribution >= 4 is 23.9 Å². The van der Waals surface area contributed by atoms with Gasteiger partial charge in [0.25, 0.3) is 0 Å². The molecule has 0 aromatic carbocycles. The van der Waals surface area contributed by atoms with Crippen molar-refractivity contribution in [3.63, 3.8) is 0 Å². The number of carboxylic acids is 1. The van der Waals surface area contributed by atoms with Gasteiger partial charge in [-0.05, 0) is 89.9 Å². The Balaban J connectivity index is 2.64. The second-order valence-electron chi connectivity index (χ2n) is 23.1. The minimum absolute atomic E-state index is 0.0419. The van der Waals surface area contributed by atoms with Crippen molar-refractivity contribution < 1.29 is 58.2 Å². The number of carbonyl (C=O) groups excluding carboxylic acids is 3. The average Bonchev–Trinajstić information content (AvgIpc) is 3.60. The number of aliphatic hydroxyl groups is 2. The summed E-state index contributed by atoms with van der Waals surface area (Å²) in [6.07, 6.45) is 62.8. The molecule has 83 heavy (non-hydrogen) atoms. The highest BCUT2D eigenvalue weighted by Gasteiger charge is 2.50. The van der Waals surface area contributed by atoms with Gasteiger partial charge in [-0.15, -0.1) is 0 Å². The number of esters is 3. The van der Waals surface area contributed by atoms with E-state index in [1.54, 1.807) is 0 Å². The van der Waals surface area contributed by atoms with Crippen molar-refractivity contribution in [3.05, 3.63) is 72.9 Å². The molecule has 0 amide bonds. The molecule has 1 fully saturated rings. The zero-order valence-electron chi connectivity index (χ0n) is 52.9. The van der Waals surface area contributed by atoms with Crippen molar-refractivity contribution in [2.24, 2.45) is 0 Å². The Morgan fingerprint density at radius 3 is 1.18 bits per heavy atom. The van der Waals surface area contributed by atoms with E-state index in [0.29, 0.717) is 19.3 Å². The molecule has 6 unspecified atom stereocenters. The number of allylic oxidation sites excluding steroid dienone is 12. The molecule has 3 N–H and O–H groups in total. The van der Waals surface area contributed by atoms with Crippen LogP contribution >= 0.6 is 0 Å². The van der Waals surface area contributed by atoms with Crippen LogP contribution in [0.3, 0.4) is 0 Å². The Morgan fingerprint density at radius 1 is 0.410 bits per heavy atom. The Labute approximate surface area is 506 Å². The largest absolute Gasteiger partial charge is 0.479 e. The second kappa shape index (κ2) is 58.5. The number of carbonyl (C=O) groups is 4. The molecule has 0 spiro atoms. The summed E-state index contributed by atoms with van der Waals surface area (Å²) in [5.41, 5.74) is 0. The van der Waals surface area contributed by atoms with Crippen LogP contribution in [-0.2, 0) is 42.9 Å². The van der Waals surface area contributed by atoms with Crippen LogP contribution in [0.1, 0.15) is 303 Å². The molecule has 12 heteroatoms. The van der Waals surface area contributed by atoms with Crippen LogP contribution in [0, 0.1) is 0 Å². The number of carboxylic acid groups (broad SMARTS) is 1. The van der Waals surface area contributed by atoms with Crippen molar-refractivity contribution in [1.29, 1.82) is 0 Å². The number of ether oxygens (including phenoxy) is 5. The molecule has 0 saturated carbocycles. The van der Waals surface area contributed by atoms with Crippen LogP contribution in [0.4, 0.5) is 0 Å². The van der Waals surface area contributed by atoms with E-state index in [2.05, 4.69) is 93.7 Å². The Hall–Kier alpha value is -3.84. The summed E-state index contributed by atoms with van der Waals surface area (Å²) in [7, 11) is 0. The first-order chi connectivity index (χ1) is 40.6. The molecule has 0 aromatic rings. The van der Waals surface area contributed by atoms with Crippen LogP contribution < -0.4 is 0 Å². The SMILES string of the molecule is CC/C=C\C/C=C\C/C=C\C/C=C\CCCCCCCCC(=O)OC1C(OCC(COC(=O)CCCCCCCCCCCCCCCCCCCCC)OC(=O)CCCCCCC/C=C\C/C=C\CCCCC)OC(C(=O)O)C(O)C1O. The predicted octanol–water partition coefficient (Wildman–Crippen LogP) is 18.5. The highest BCUT2D eigenvalue weighted by molar-refractivity contribution is 5.74. The van der Waals surface area contributed by atoms with Crippen molar-refractivity contribution in [3.8, 4) is 0 Å². The number of unbranched alkanes of at least 4 members (excludes halogenated alkanes) is 32. The van der Waals surface area contributed by atoms with Crippen LogP contribution in [-0.4, -0.2) is 89.2 Å². The molecule has 12 nitrogen and oxygen atoms in total. The fourth-order valence-electron chi connectivity index (χ4n) is 10.1. The summed E-state index contributed by atoms with van der Waals surface area (Å²) in [5.74, 6) is -3.14. The molecular weight excluding hydrogens is 1040 g/mol. The number of aliphatic carboxylic acids is 1. The summed E-state index contributed by atoms with van der Waals surface area (Å²) in [6.45, 7) is 5.89. The smallest absolute Gasteiger partial charge is 0.335 e. The van der Waals surface area contributed by atoms with Crippen molar-refractivity contribution in [2.45, 2.75) is 340 Å². The number of rotatable bonds is 58. The standard InChI is InChI=1S/C71H122O12/c1-4-7-10-13-16-19-22-25-28-30-32-34-37-39-42-45-48-51-54-57-63(72)79-60-62(81-64(73)58-55-52-49-46-43-40-36-27-24-21-18-15-12-9-6-3)61-80-71-69(67(76)66(75)68(83-71)70(77)78)82-65(74)59-56-53-50-47-44-41-38-35-33-31-29-26-23-20-17-14-11-8-5-2/h8,11,17-18,20-21,26-27,29,33,35-36,62,66-69,71,75-76H,4-7,9-10,12-16,19,22-25,28,30-32,34,37-61H2,1-3H3,(H,77,78)/b11-8-,20-17-,21-18-,29-26-,35-33-,36-27-. The van der Waals surface area contributed by atoms with Crippen molar-refractivity contribution in [2.75, 3.05) is 13.2 Å². The Bertz CT molecular complexity index is 1720. The molecule has 0 aliphatic carbocycles. The molecular formula is C71H122O12. The second-order valence-corrected chi connectivity index (χ2v) is 23.1. The molecule has 1 aliphatic heterocycles. The van der Waals surface area contributed by atoms with Crippen LogP contribution in [0.25, 0.3) is 0 Å². The summed E-state index contributed by atoms with van der Waals surface area (Å²) in [4.78, 5) is 51.4. The summed E-state index contributed by atoms with van der Waals surface area (Å²) >= 11 is 0. The summed E-state index contributed by atoms with van der Waals surface area (Å²) in [5, 5.41) is 31.6. The first kappa shape index (κ1) is 77.2. The van der Waals surface area contributed by atoms with Gasteiger partial charge in [-0.25, -0.2) is 4.79 Å². The number of aliphatic hydroxyl groups excluding tert-OH is 2. The van der Waals surface area contributed by atoms with E-state index in [1.807, 2.05) is 0 Å². The van der Waals surface area contributed by atoms with Crippen LogP contribution in [0.2, 0.25) is 0 Å². The maximum atomic E-state index is 13.2. The zero-order valence-corrected chi connectivity index (χ0v) is 52.9. The molecule has 1 rings (SSSR count). The van der Waals surface area contributed by atoms with E-state index in [-0.39, 0.29) is 25.9 Å². The van der Waals surface area contributed by atoms with Gasteiger partial charge in [0, 0.05) is 19.3 Å². The van der Waals surface area contributed by atoms with Gasteiger partial charge >= 0.3 is 23.9 Å². The van der Waals surface area contributed by atoms with E-state index < -0.39 is 67.3 Å². The minimum Gasteiger partial charge on any atom is -0.479 e. The molecule has 0 aromatic heterocycles. The fraction of sp³-hybridized carbons (Fsp3) is 0.775. The number of hydrogen-bond acceptors (Lipinski definition) is 11. The molecule has 1 saturated heterocycles. The van der Waals surface area contributed by atoms with E-state index in [0.717, 1.165) is 128 Å². The van der Waals surface area contributed by atoms with Crippen molar-refractivity contribution in [1.82, 2.24) is 0 Å². The molecule has 478 valence electrons. The third kappa shape index (κ3) is 48.0. The lowest BCUT2D eigenvalue weighted by atomic mass is 9.98. The third-order valence-corrected chi connectivity index (χ3v) is 15.3. The van der Waals surface area contributed by atoms with Gasteiger partial charge in [0.05, 0.1) is 6.61 Å². The molecule has 1 aliphatic rings. The van der Waals surface area contributed by atoms with E-state index >= 15 is 0 Å². The Kier molecular flexibility index (Phi) is 54.4. The first-order valence-corrected chi connectivity index (χ1v) is 33.9. The monoisotopic (exact) mass is 1170 g/mol. The van der Waals surface area contributed by atoms with Crippen LogP contribution in [0.15, 0.2) is 72.9 Å². The first-order valence-electron chi connectivity index (χ1n) is 33.9. The number of hydrogen-bond donors (Lipinski definition) is 3. The topological polar surface area (TPSA) is 175 Å². The van der Waals surface area contributed by atoms with E-state index in [1.165, 1.54) is 116 Å². The lowest BCUT2D eigenvalue weighted by Gasteiger charge is -2.40. The average molecular weight is 1170 g/mol. The quantitative estimate of drug-likeness (QED) is 0.0228. The van der Waals surface area contributed by atoms with Crippen LogP contribution in [0.5, 0.6) is 0 Å². The maximum Gasteiger partial charge on any atom is 0.335 e. The summed E-state index contributed by atoms with van der Waals surface area (Å²) in [6, 6.07) is 0. The van der Waals surface area contributed by atoms with Gasteiger partial charge < -0.3 is 39.0 Å². The minimum atomic E-state index is -1.91. The molecule has 0 radical (unpaired) electrons. The predicted molar refractivity (Wildman–Crippen MR) is 340 cm³/mol. The van der Waals surface area contributed by atoms with Gasteiger partial charge in [-0.2, -0.15) is 0 Å². The molecule has 1 heterocycles. The lowest BCUT2D eigenvalue weighted by Crippen LogP contribution is -2.61. The lowest BCUT2D eigenvalue weighted by molar-refractivity contribution is -0.301. The maximum absolute atomic E-state index is 13.2. The molecule has 6 atom stereocenters. The van der Waals surface area contributed by atoms with Gasteiger partial charge in [0.1, 0.15) is 18.8 Å². The van der Waals surface area contributed by atoms with E-state index in [4.69, 9.17) is 23.7 Å². The zero-order chi connectivity index (χ0) is 60.3. The highest BCUT2D eigenvalue weighted by Crippen LogP contribution is 2.27. The summed E-state index contributed by atoms with van der Waals surface area (Å²) < 4.78 is 28.6.